The Balaban J connectivity index is 1.67. The third kappa shape index (κ3) is 6.67. The van der Waals surface area contributed by atoms with Gasteiger partial charge in [0.2, 0.25) is 0 Å². The van der Waals surface area contributed by atoms with Crippen molar-refractivity contribution in [2.75, 3.05) is 13.7 Å². The predicted octanol–water partition coefficient (Wildman–Crippen LogP) is 7.51. The summed E-state index contributed by atoms with van der Waals surface area (Å²) in [5.74, 6) is 0. The molecule has 0 bridgehead atoms. The molecule has 0 unspecified atom stereocenters. The van der Waals surface area contributed by atoms with Crippen LogP contribution in [0.3, 0.4) is 0 Å². The summed E-state index contributed by atoms with van der Waals surface area (Å²) in [5, 5.41) is 1.21. The largest absolute Gasteiger partial charge is 0.385 e. The number of hydrogen-bond donors (Lipinski definition) is 0. The highest BCUT2D eigenvalue weighted by Gasteiger charge is 2.09. The van der Waals surface area contributed by atoms with E-state index >= 15 is 0 Å². The van der Waals surface area contributed by atoms with Crippen molar-refractivity contribution in [2.24, 2.45) is 7.05 Å². The third-order valence-electron chi connectivity index (χ3n) is 6.51. The molecule has 4 aromatic rings. The quantitative estimate of drug-likeness (QED) is 0.202. The van der Waals surface area contributed by atoms with Gasteiger partial charge in [0, 0.05) is 44.2 Å². The Hall–Kier alpha value is -3.24. The average molecular weight is 468 g/mol. The molecule has 0 N–H and O–H groups in total. The van der Waals surface area contributed by atoms with Crippen LogP contribution in [-0.4, -0.2) is 28.3 Å². The first-order chi connectivity index (χ1) is 17.2. The Labute approximate surface area is 209 Å². The number of aryl methyl sites for hydroxylation is 3. The molecule has 4 rings (SSSR count). The van der Waals surface area contributed by atoms with Crippen LogP contribution in [0.15, 0.2) is 60.9 Å². The lowest BCUT2D eigenvalue weighted by Crippen LogP contribution is -1.96. The number of ether oxygens (including phenoxy) is 1. The summed E-state index contributed by atoms with van der Waals surface area (Å²) < 4.78 is 7.31. The van der Waals surface area contributed by atoms with Gasteiger partial charge in [-0.15, -0.1) is 0 Å². The van der Waals surface area contributed by atoms with Gasteiger partial charge in [0.1, 0.15) is 0 Å². The Morgan fingerprint density at radius 3 is 2.66 bits per heavy atom. The molecule has 182 valence electrons. The van der Waals surface area contributed by atoms with Gasteiger partial charge >= 0.3 is 0 Å². The highest BCUT2D eigenvalue weighted by molar-refractivity contribution is 5.93. The highest BCUT2D eigenvalue weighted by Crippen LogP contribution is 2.28. The highest BCUT2D eigenvalue weighted by atomic mass is 16.5. The van der Waals surface area contributed by atoms with Crippen molar-refractivity contribution < 1.29 is 4.74 Å². The van der Waals surface area contributed by atoms with Crippen molar-refractivity contribution in [1.82, 2.24) is 14.5 Å². The summed E-state index contributed by atoms with van der Waals surface area (Å²) in [7, 11) is 3.81. The van der Waals surface area contributed by atoms with E-state index in [4.69, 9.17) is 9.72 Å². The number of methoxy groups -OCH3 is 1. The standard InChI is InChI=1S/C31H37N3O/c1-4-5-6-7-10-24-14-16-29-28(22-24)26(23-30(33-29)31-12-8-19-34(31)2)15-13-25-17-18-32-27(21-25)11-9-20-35-3/h8,12-19,21-23H,4-7,9-11,20H2,1-3H3/b15-13+. The molecule has 0 aliphatic carbocycles. The van der Waals surface area contributed by atoms with E-state index in [9.17, 15) is 0 Å². The number of unbranched alkanes of at least 4 members (excludes halogenated alkanes) is 3. The predicted molar refractivity (Wildman–Crippen MR) is 147 cm³/mol. The molecule has 1 aromatic carbocycles. The fourth-order valence-corrected chi connectivity index (χ4v) is 4.53. The minimum absolute atomic E-state index is 0.757. The van der Waals surface area contributed by atoms with Gasteiger partial charge in [-0.1, -0.05) is 44.4 Å². The van der Waals surface area contributed by atoms with Gasteiger partial charge in [-0.2, -0.15) is 0 Å². The lowest BCUT2D eigenvalue weighted by molar-refractivity contribution is 0.195. The van der Waals surface area contributed by atoms with Crippen molar-refractivity contribution in [3.05, 3.63) is 83.3 Å². The van der Waals surface area contributed by atoms with Gasteiger partial charge in [-0.05, 0) is 84.8 Å². The first-order valence-corrected chi connectivity index (χ1v) is 12.8. The van der Waals surface area contributed by atoms with Crippen LogP contribution >= 0.6 is 0 Å². The Bertz CT molecular complexity index is 1270. The molecule has 0 saturated carbocycles. The number of rotatable bonds is 12. The molecular weight excluding hydrogens is 430 g/mol. The van der Waals surface area contributed by atoms with E-state index in [0.717, 1.165) is 54.0 Å². The lowest BCUT2D eigenvalue weighted by atomic mass is 10.00. The number of nitrogens with zero attached hydrogens (tertiary/aromatic N) is 3. The fourth-order valence-electron chi connectivity index (χ4n) is 4.53. The average Bonchev–Trinajstić information content (AvgIpc) is 3.31. The molecule has 3 aromatic heterocycles. The van der Waals surface area contributed by atoms with Gasteiger partial charge in [0.25, 0.3) is 0 Å². The topological polar surface area (TPSA) is 39.9 Å². The summed E-state index contributed by atoms with van der Waals surface area (Å²) in [6.07, 6.45) is 16.5. The molecule has 0 fully saturated rings. The van der Waals surface area contributed by atoms with Crippen LogP contribution in [0, 0.1) is 0 Å². The number of pyridine rings is 2. The van der Waals surface area contributed by atoms with E-state index in [1.807, 2.05) is 6.20 Å². The Morgan fingerprint density at radius 2 is 1.86 bits per heavy atom. The van der Waals surface area contributed by atoms with Crippen molar-refractivity contribution in [1.29, 1.82) is 0 Å². The van der Waals surface area contributed by atoms with Gasteiger partial charge in [-0.25, -0.2) is 4.98 Å². The van der Waals surface area contributed by atoms with Crippen LogP contribution in [-0.2, 0) is 24.6 Å². The molecule has 4 heteroatoms. The number of benzene rings is 1. The van der Waals surface area contributed by atoms with E-state index in [2.05, 4.69) is 90.4 Å². The summed E-state index contributed by atoms with van der Waals surface area (Å²) in [4.78, 5) is 9.55. The van der Waals surface area contributed by atoms with E-state index in [1.165, 1.54) is 42.2 Å². The smallest absolute Gasteiger partial charge is 0.0880 e. The van der Waals surface area contributed by atoms with Crippen molar-refractivity contribution in [2.45, 2.75) is 51.9 Å². The molecule has 0 radical (unpaired) electrons. The molecule has 0 atom stereocenters. The van der Waals surface area contributed by atoms with Gasteiger partial charge in [-0.3, -0.25) is 4.98 Å². The second kappa shape index (κ2) is 12.5. The SMILES string of the molecule is CCCCCCc1ccc2nc(-c3cccn3C)cc(/C=C/c3ccnc(CCCOC)c3)c2c1. The fraction of sp³-hybridized carbons (Fsp3) is 0.355. The van der Waals surface area contributed by atoms with Crippen LogP contribution < -0.4 is 0 Å². The zero-order chi connectivity index (χ0) is 24.5. The Morgan fingerprint density at radius 1 is 0.943 bits per heavy atom. The third-order valence-corrected chi connectivity index (χ3v) is 6.51. The Kier molecular flexibility index (Phi) is 8.85. The van der Waals surface area contributed by atoms with E-state index in [0.29, 0.717) is 0 Å². The zero-order valence-corrected chi connectivity index (χ0v) is 21.3. The van der Waals surface area contributed by atoms with E-state index in [-0.39, 0.29) is 0 Å². The van der Waals surface area contributed by atoms with Crippen LogP contribution in [0.1, 0.15) is 61.4 Å². The summed E-state index contributed by atoms with van der Waals surface area (Å²) >= 11 is 0. The molecule has 3 heterocycles. The summed E-state index contributed by atoms with van der Waals surface area (Å²) in [6.45, 7) is 3.02. The zero-order valence-electron chi connectivity index (χ0n) is 21.3. The minimum Gasteiger partial charge on any atom is -0.385 e. The molecule has 0 spiro atoms. The number of hydrogen-bond acceptors (Lipinski definition) is 3. The lowest BCUT2D eigenvalue weighted by Gasteiger charge is -2.10. The van der Waals surface area contributed by atoms with E-state index < -0.39 is 0 Å². The molecule has 4 nitrogen and oxygen atoms in total. The summed E-state index contributed by atoms with van der Waals surface area (Å²) in [6, 6.07) is 17.4. The summed E-state index contributed by atoms with van der Waals surface area (Å²) in [5.41, 5.74) is 8.00. The van der Waals surface area contributed by atoms with Gasteiger partial charge < -0.3 is 9.30 Å². The maximum atomic E-state index is 5.19. The molecule has 0 aliphatic rings. The van der Waals surface area contributed by atoms with Crippen molar-refractivity contribution in [3.8, 4) is 11.4 Å². The first kappa shape index (κ1) is 24.9. The minimum atomic E-state index is 0.757. The van der Waals surface area contributed by atoms with Crippen LogP contribution in [0.25, 0.3) is 34.4 Å². The van der Waals surface area contributed by atoms with Crippen LogP contribution in [0.2, 0.25) is 0 Å². The normalized spacial score (nSPS) is 11.6. The molecular formula is C31H37N3O. The monoisotopic (exact) mass is 467 g/mol. The molecule has 0 amide bonds. The van der Waals surface area contributed by atoms with Crippen molar-refractivity contribution >= 4 is 23.1 Å². The second-order valence-corrected chi connectivity index (χ2v) is 9.27. The molecule has 0 aliphatic heterocycles. The number of aromatic nitrogens is 3. The van der Waals surface area contributed by atoms with Crippen LogP contribution in [0.5, 0.6) is 0 Å². The first-order valence-electron chi connectivity index (χ1n) is 12.8. The van der Waals surface area contributed by atoms with Crippen LogP contribution in [0.4, 0.5) is 0 Å². The second-order valence-electron chi connectivity index (χ2n) is 9.27. The maximum absolute atomic E-state index is 5.19. The molecule has 0 saturated heterocycles. The van der Waals surface area contributed by atoms with Gasteiger partial charge in [0.05, 0.1) is 16.9 Å². The van der Waals surface area contributed by atoms with Crippen molar-refractivity contribution in [3.63, 3.8) is 0 Å². The molecule has 35 heavy (non-hydrogen) atoms. The van der Waals surface area contributed by atoms with E-state index in [1.54, 1.807) is 7.11 Å². The number of fused-ring (bicyclic) bond motifs is 1. The maximum Gasteiger partial charge on any atom is 0.0880 e. The van der Waals surface area contributed by atoms with Gasteiger partial charge in [0.15, 0.2) is 0 Å².